The van der Waals surface area contributed by atoms with Crippen LogP contribution in [0.2, 0.25) is 0 Å². The van der Waals surface area contributed by atoms with E-state index in [1.165, 1.54) is 6.20 Å². The highest BCUT2D eigenvalue weighted by atomic mass is 16.5. The van der Waals surface area contributed by atoms with E-state index >= 15 is 0 Å². The molecule has 0 aliphatic rings. The molecule has 0 unspecified atom stereocenters. The number of ether oxygens (including phenoxy) is 1. The highest BCUT2D eigenvalue weighted by molar-refractivity contribution is 5.75. The SMILES string of the molecule is CCOC(=O)Cc1c[nH]c(=O)[nH]c1=O.O=C(O)Cc1c[nH]c(=O)[nH]c1=O.[B]. The zero-order valence-corrected chi connectivity index (χ0v) is 14.2. The summed E-state index contributed by atoms with van der Waals surface area (Å²) >= 11 is 0. The van der Waals surface area contributed by atoms with Crippen molar-refractivity contribution in [2.24, 2.45) is 0 Å². The fourth-order valence-electron chi connectivity index (χ4n) is 1.67. The smallest absolute Gasteiger partial charge is 0.325 e. The summed E-state index contributed by atoms with van der Waals surface area (Å²) in [6.07, 6.45) is 1.76. The summed E-state index contributed by atoms with van der Waals surface area (Å²) in [5, 5.41) is 8.32. The average Bonchev–Trinajstić information content (AvgIpc) is 2.53. The van der Waals surface area contributed by atoms with Gasteiger partial charge in [0.25, 0.3) is 11.1 Å². The van der Waals surface area contributed by atoms with E-state index in [9.17, 15) is 28.8 Å². The van der Waals surface area contributed by atoms with Crippen LogP contribution >= 0.6 is 0 Å². The number of aliphatic carboxylic acids is 1. The monoisotopic (exact) mass is 379 g/mol. The van der Waals surface area contributed by atoms with E-state index in [4.69, 9.17) is 5.11 Å². The van der Waals surface area contributed by atoms with Crippen molar-refractivity contribution < 1.29 is 19.4 Å². The Kier molecular flexibility index (Phi) is 9.58. The predicted molar refractivity (Wildman–Crippen MR) is 92.8 cm³/mol. The molecule has 27 heavy (non-hydrogen) atoms. The van der Waals surface area contributed by atoms with Gasteiger partial charge in [-0.3, -0.25) is 29.1 Å². The number of hydrogen-bond donors (Lipinski definition) is 5. The van der Waals surface area contributed by atoms with Crippen molar-refractivity contribution in [1.29, 1.82) is 0 Å². The summed E-state index contributed by atoms with van der Waals surface area (Å²) in [6, 6.07) is 0. The Bertz CT molecular complexity index is 1000. The Morgan fingerprint density at radius 2 is 1.37 bits per heavy atom. The molecule has 3 radical (unpaired) electrons. The highest BCUT2D eigenvalue weighted by Gasteiger charge is 2.07. The summed E-state index contributed by atoms with van der Waals surface area (Å²) in [5.74, 6) is -1.61. The molecule has 0 aliphatic heterocycles. The number of H-pyrrole nitrogens is 4. The average molecular weight is 379 g/mol. The predicted octanol–water partition coefficient (Wildman–Crippen LogP) is -2.52. The molecule has 0 amide bonds. The van der Waals surface area contributed by atoms with Crippen LogP contribution in [0.1, 0.15) is 18.1 Å². The van der Waals surface area contributed by atoms with Crippen molar-refractivity contribution in [2.75, 3.05) is 6.61 Å². The fourth-order valence-corrected chi connectivity index (χ4v) is 1.67. The summed E-state index contributed by atoms with van der Waals surface area (Å²) in [4.78, 5) is 72.5. The first-order valence-corrected chi connectivity index (χ1v) is 7.22. The fraction of sp³-hybridized carbons (Fsp3) is 0.286. The first kappa shape index (κ1) is 23.4. The number of carbonyl (C=O) groups is 2. The van der Waals surface area contributed by atoms with Gasteiger partial charge in [-0.2, -0.15) is 0 Å². The summed E-state index contributed by atoms with van der Waals surface area (Å²) in [7, 11) is 0. The molecule has 2 aromatic rings. The Labute approximate surface area is 152 Å². The van der Waals surface area contributed by atoms with Gasteiger partial charge in [0.15, 0.2) is 0 Å². The lowest BCUT2D eigenvalue weighted by Crippen LogP contribution is -2.26. The maximum Gasteiger partial charge on any atom is 0.325 e. The molecule has 0 atom stereocenters. The van der Waals surface area contributed by atoms with Gasteiger partial charge in [-0.25, -0.2) is 9.59 Å². The third-order valence-electron chi connectivity index (χ3n) is 2.77. The van der Waals surface area contributed by atoms with Gasteiger partial charge in [0, 0.05) is 31.9 Å². The summed E-state index contributed by atoms with van der Waals surface area (Å²) in [5.41, 5.74) is -2.26. The van der Waals surface area contributed by atoms with Crippen molar-refractivity contribution in [3.63, 3.8) is 0 Å². The number of carbonyl (C=O) groups excluding carboxylic acids is 1. The maximum absolute atomic E-state index is 11.1. The van der Waals surface area contributed by atoms with Crippen LogP contribution in [0.15, 0.2) is 31.6 Å². The molecule has 0 aliphatic carbocycles. The molecule has 0 bridgehead atoms. The minimum atomic E-state index is -1.12. The Balaban J connectivity index is 0.000000488. The van der Waals surface area contributed by atoms with Crippen LogP contribution in [0.25, 0.3) is 0 Å². The number of rotatable bonds is 5. The van der Waals surface area contributed by atoms with Crippen LogP contribution in [-0.2, 0) is 27.2 Å². The first-order valence-electron chi connectivity index (χ1n) is 7.22. The van der Waals surface area contributed by atoms with E-state index in [2.05, 4.69) is 14.7 Å². The topological polar surface area (TPSA) is 195 Å². The number of aromatic amines is 4. The zero-order chi connectivity index (χ0) is 19.7. The van der Waals surface area contributed by atoms with Crippen LogP contribution in [-0.4, -0.2) is 52.0 Å². The molecule has 0 aromatic carbocycles. The molecule has 12 nitrogen and oxygen atoms in total. The molecule has 0 fully saturated rings. The van der Waals surface area contributed by atoms with Crippen molar-refractivity contribution in [3.05, 3.63) is 65.2 Å². The Morgan fingerprint density at radius 1 is 0.926 bits per heavy atom. The molecule has 0 saturated heterocycles. The maximum atomic E-state index is 11.1. The van der Waals surface area contributed by atoms with E-state index in [-0.39, 0.29) is 32.6 Å². The van der Waals surface area contributed by atoms with Crippen molar-refractivity contribution >= 4 is 20.4 Å². The standard InChI is InChI=1S/C8H10N2O4.C6H6N2O4.B/c1-2-14-6(11)3-5-4-9-8(13)10-7(5)12;9-4(10)1-3-2-7-6(12)8-5(3)11;/h4H,2-3H2,1H3,(H2,9,10,12,13);2H,1H2,(H,9,10)(H2,7,8,11,12);. The third kappa shape index (κ3) is 8.33. The van der Waals surface area contributed by atoms with E-state index < -0.39 is 40.9 Å². The van der Waals surface area contributed by atoms with Crippen LogP contribution < -0.4 is 22.5 Å². The quantitative estimate of drug-likeness (QED) is 0.277. The minimum absolute atomic E-state index is 0. The second-order valence-electron chi connectivity index (χ2n) is 4.75. The van der Waals surface area contributed by atoms with E-state index in [1.807, 2.05) is 9.97 Å². The van der Waals surface area contributed by atoms with Gasteiger partial charge in [0.05, 0.1) is 19.4 Å². The van der Waals surface area contributed by atoms with Crippen molar-refractivity contribution in [1.82, 2.24) is 19.9 Å². The molecular formula is C14H16BN4O8. The minimum Gasteiger partial charge on any atom is -0.481 e. The second-order valence-corrected chi connectivity index (χ2v) is 4.75. The lowest BCUT2D eigenvalue weighted by molar-refractivity contribution is -0.142. The lowest BCUT2D eigenvalue weighted by atomic mass is 10.2. The number of hydrogen-bond acceptors (Lipinski definition) is 7. The van der Waals surface area contributed by atoms with E-state index in [0.29, 0.717) is 0 Å². The molecular weight excluding hydrogens is 363 g/mol. The normalized spacial score (nSPS) is 9.37. The zero-order valence-electron chi connectivity index (χ0n) is 14.2. The summed E-state index contributed by atoms with van der Waals surface area (Å²) in [6.45, 7) is 1.94. The molecule has 2 aromatic heterocycles. The second kappa shape index (κ2) is 11.1. The van der Waals surface area contributed by atoms with Crippen molar-refractivity contribution in [2.45, 2.75) is 19.8 Å². The van der Waals surface area contributed by atoms with Gasteiger partial charge in [-0.15, -0.1) is 0 Å². The number of aromatic nitrogens is 4. The Morgan fingerprint density at radius 3 is 1.74 bits per heavy atom. The lowest BCUT2D eigenvalue weighted by Gasteiger charge is -1.99. The van der Waals surface area contributed by atoms with Crippen molar-refractivity contribution in [3.8, 4) is 0 Å². The van der Waals surface area contributed by atoms with E-state index in [1.54, 1.807) is 6.92 Å². The molecule has 13 heteroatoms. The van der Waals surface area contributed by atoms with E-state index in [0.717, 1.165) is 6.20 Å². The molecule has 2 rings (SSSR count). The number of carboxylic acid groups (broad SMARTS) is 1. The number of esters is 1. The largest absolute Gasteiger partial charge is 0.481 e. The van der Waals surface area contributed by atoms with Crippen LogP contribution in [0.4, 0.5) is 0 Å². The van der Waals surface area contributed by atoms with Crippen LogP contribution in [0, 0.1) is 0 Å². The van der Waals surface area contributed by atoms with Crippen LogP contribution in [0.5, 0.6) is 0 Å². The molecule has 5 N–H and O–H groups in total. The Hall–Kier alpha value is -3.64. The van der Waals surface area contributed by atoms with Crippen LogP contribution in [0.3, 0.4) is 0 Å². The van der Waals surface area contributed by atoms with Gasteiger partial charge >= 0.3 is 23.3 Å². The highest BCUT2D eigenvalue weighted by Crippen LogP contribution is 1.90. The molecule has 143 valence electrons. The molecule has 0 spiro atoms. The number of nitrogens with one attached hydrogen (secondary N) is 4. The summed E-state index contributed by atoms with van der Waals surface area (Å²) < 4.78 is 4.65. The van der Waals surface area contributed by atoms with Gasteiger partial charge < -0.3 is 19.8 Å². The molecule has 0 saturated carbocycles. The third-order valence-corrected chi connectivity index (χ3v) is 2.77. The van der Waals surface area contributed by atoms with Gasteiger partial charge in [-0.05, 0) is 6.92 Å². The van der Waals surface area contributed by atoms with Gasteiger partial charge in [0.2, 0.25) is 0 Å². The number of carboxylic acids is 1. The van der Waals surface area contributed by atoms with Gasteiger partial charge in [-0.1, -0.05) is 0 Å². The molecule has 2 heterocycles. The van der Waals surface area contributed by atoms with Gasteiger partial charge in [0.1, 0.15) is 0 Å². The first-order chi connectivity index (χ1) is 12.2.